The van der Waals surface area contributed by atoms with E-state index in [0.717, 1.165) is 43.5 Å². The lowest BCUT2D eigenvalue weighted by atomic mass is 9.96. The summed E-state index contributed by atoms with van der Waals surface area (Å²) in [6, 6.07) is 5.52. The lowest BCUT2D eigenvalue weighted by Gasteiger charge is -2.32. The Balaban J connectivity index is 0.00000242. The summed E-state index contributed by atoms with van der Waals surface area (Å²) in [5, 5.41) is 3.39. The van der Waals surface area contributed by atoms with Crippen LogP contribution in [-0.4, -0.2) is 44.1 Å². The Kier molecular flexibility index (Phi) is 8.21. The van der Waals surface area contributed by atoms with Crippen molar-refractivity contribution in [3.63, 3.8) is 0 Å². The van der Waals surface area contributed by atoms with Gasteiger partial charge in [-0.15, -0.1) is 12.4 Å². The summed E-state index contributed by atoms with van der Waals surface area (Å²) in [5.41, 5.74) is 0.680. The molecule has 1 N–H and O–H groups in total. The van der Waals surface area contributed by atoms with Crippen LogP contribution in [0.3, 0.4) is 0 Å². The third-order valence-electron chi connectivity index (χ3n) is 3.99. The van der Waals surface area contributed by atoms with Crippen molar-refractivity contribution in [2.75, 3.05) is 33.3 Å². The summed E-state index contributed by atoms with van der Waals surface area (Å²) in [7, 11) is 1.61. The van der Waals surface area contributed by atoms with Gasteiger partial charge in [0.05, 0.1) is 12.7 Å². The number of hydrogen-bond acceptors (Lipinski definition) is 3. The van der Waals surface area contributed by atoms with E-state index in [1.54, 1.807) is 13.2 Å². The topological polar surface area (TPSA) is 41.6 Å². The van der Waals surface area contributed by atoms with Gasteiger partial charge in [0.25, 0.3) is 5.91 Å². The molecule has 0 unspecified atom stereocenters. The zero-order valence-corrected chi connectivity index (χ0v) is 15.5. The minimum atomic E-state index is 0. The molecule has 2 rings (SSSR count). The van der Waals surface area contributed by atoms with Crippen LogP contribution in [0.5, 0.6) is 5.75 Å². The van der Waals surface area contributed by atoms with Gasteiger partial charge in [-0.05, 0) is 66.0 Å². The Morgan fingerprint density at radius 2 is 2.09 bits per heavy atom. The lowest BCUT2D eigenvalue weighted by molar-refractivity contribution is 0.0689. The van der Waals surface area contributed by atoms with Crippen molar-refractivity contribution < 1.29 is 9.53 Å². The van der Waals surface area contributed by atoms with E-state index in [1.165, 1.54) is 0 Å². The summed E-state index contributed by atoms with van der Waals surface area (Å²) >= 11 is 3.46. The van der Waals surface area contributed by atoms with E-state index in [-0.39, 0.29) is 18.3 Å². The van der Waals surface area contributed by atoms with Crippen LogP contribution < -0.4 is 10.1 Å². The number of rotatable bonds is 5. The highest BCUT2D eigenvalue weighted by molar-refractivity contribution is 9.10. The molecule has 22 heavy (non-hydrogen) atoms. The number of likely N-dealkylation sites (tertiary alicyclic amines) is 1. The van der Waals surface area contributed by atoms with E-state index in [4.69, 9.17) is 4.74 Å². The Bertz CT molecular complexity index is 491. The second-order valence-corrected chi connectivity index (χ2v) is 6.24. The van der Waals surface area contributed by atoms with Crippen LogP contribution in [0, 0.1) is 5.92 Å². The highest BCUT2D eigenvalue weighted by Gasteiger charge is 2.24. The van der Waals surface area contributed by atoms with Gasteiger partial charge in [0.1, 0.15) is 5.75 Å². The molecule has 0 aliphatic carbocycles. The van der Waals surface area contributed by atoms with Gasteiger partial charge < -0.3 is 15.0 Å². The summed E-state index contributed by atoms with van der Waals surface area (Å²) < 4.78 is 6.03. The van der Waals surface area contributed by atoms with Gasteiger partial charge in [0.2, 0.25) is 0 Å². The van der Waals surface area contributed by atoms with Crippen LogP contribution in [-0.2, 0) is 0 Å². The quantitative estimate of drug-likeness (QED) is 0.837. The Morgan fingerprint density at radius 3 is 2.68 bits per heavy atom. The first-order chi connectivity index (χ1) is 10.2. The molecule has 1 aromatic rings. The average Bonchev–Trinajstić information content (AvgIpc) is 2.53. The highest BCUT2D eigenvalue weighted by Crippen LogP contribution is 2.26. The first-order valence-electron chi connectivity index (χ1n) is 7.49. The SMILES string of the molecule is CCNCC1CCN(C(=O)c2cc(OC)ccc2Br)CC1.Cl. The number of piperidine rings is 1. The number of nitrogens with zero attached hydrogens (tertiary/aromatic N) is 1. The molecule has 1 fully saturated rings. The molecule has 0 radical (unpaired) electrons. The Labute approximate surface area is 147 Å². The van der Waals surface area contributed by atoms with Gasteiger partial charge in [0, 0.05) is 17.6 Å². The van der Waals surface area contributed by atoms with Gasteiger partial charge in [-0.2, -0.15) is 0 Å². The van der Waals surface area contributed by atoms with Crippen LogP contribution in [0.25, 0.3) is 0 Å². The van der Waals surface area contributed by atoms with Crippen molar-refractivity contribution in [2.45, 2.75) is 19.8 Å². The fraction of sp³-hybridized carbons (Fsp3) is 0.562. The van der Waals surface area contributed by atoms with Gasteiger partial charge >= 0.3 is 0 Å². The number of benzene rings is 1. The van der Waals surface area contributed by atoms with Crippen LogP contribution in [0.1, 0.15) is 30.1 Å². The second-order valence-electron chi connectivity index (χ2n) is 5.39. The maximum absolute atomic E-state index is 12.6. The van der Waals surface area contributed by atoms with Crippen molar-refractivity contribution in [2.24, 2.45) is 5.92 Å². The smallest absolute Gasteiger partial charge is 0.255 e. The molecular formula is C16H24BrClN2O2. The third kappa shape index (κ3) is 4.86. The normalized spacial score (nSPS) is 15.3. The van der Waals surface area contributed by atoms with Crippen molar-refractivity contribution in [3.8, 4) is 5.75 Å². The molecule has 0 saturated carbocycles. The number of carbonyl (C=O) groups is 1. The van der Waals surface area contributed by atoms with E-state index >= 15 is 0 Å². The van der Waals surface area contributed by atoms with E-state index in [2.05, 4.69) is 28.2 Å². The molecule has 0 atom stereocenters. The van der Waals surface area contributed by atoms with Crippen LogP contribution in [0.15, 0.2) is 22.7 Å². The molecule has 124 valence electrons. The maximum Gasteiger partial charge on any atom is 0.255 e. The average molecular weight is 392 g/mol. The summed E-state index contributed by atoms with van der Waals surface area (Å²) in [6.45, 7) is 5.85. The fourth-order valence-corrected chi connectivity index (χ4v) is 3.07. The summed E-state index contributed by atoms with van der Waals surface area (Å²) in [5.74, 6) is 1.48. The number of halogens is 2. The lowest BCUT2D eigenvalue weighted by Crippen LogP contribution is -2.40. The van der Waals surface area contributed by atoms with Gasteiger partial charge in [-0.1, -0.05) is 6.92 Å². The molecule has 1 amide bonds. The minimum absolute atomic E-state index is 0. The standard InChI is InChI=1S/C16H23BrN2O2.ClH/c1-3-18-11-12-6-8-19(9-7-12)16(20)14-10-13(21-2)4-5-15(14)17;/h4-5,10,12,18H,3,6-9,11H2,1-2H3;1H. The minimum Gasteiger partial charge on any atom is -0.497 e. The first-order valence-corrected chi connectivity index (χ1v) is 8.28. The molecule has 4 nitrogen and oxygen atoms in total. The number of methoxy groups -OCH3 is 1. The highest BCUT2D eigenvalue weighted by atomic mass is 79.9. The molecule has 1 aromatic carbocycles. The molecule has 1 saturated heterocycles. The van der Waals surface area contributed by atoms with Gasteiger partial charge in [-0.3, -0.25) is 4.79 Å². The van der Waals surface area contributed by atoms with Crippen LogP contribution in [0.4, 0.5) is 0 Å². The molecule has 6 heteroatoms. The maximum atomic E-state index is 12.6. The molecule has 0 aromatic heterocycles. The fourth-order valence-electron chi connectivity index (χ4n) is 2.65. The van der Waals surface area contributed by atoms with E-state index < -0.39 is 0 Å². The molecule has 1 aliphatic heterocycles. The zero-order valence-electron chi connectivity index (χ0n) is 13.1. The summed E-state index contributed by atoms with van der Waals surface area (Å²) in [6.07, 6.45) is 2.14. The Morgan fingerprint density at radius 1 is 1.41 bits per heavy atom. The number of ether oxygens (including phenoxy) is 1. The molecule has 1 heterocycles. The number of hydrogen-bond donors (Lipinski definition) is 1. The molecule has 1 aliphatic rings. The second kappa shape index (κ2) is 9.38. The molecule has 0 bridgehead atoms. The van der Waals surface area contributed by atoms with E-state index in [1.807, 2.05) is 17.0 Å². The van der Waals surface area contributed by atoms with E-state index in [9.17, 15) is 4.79 Å². The Hall–Kier alpha value is -0.780. The van der Waals surface area contributed by atoms with Gasteiger partial charge in [-0.25, -0.2) is 0 Å². The molecule has 0 spiro atoms. The zero-order chi connectivity index (χ0) is 15.2. The van der Waals surface area contributed by atoms with E-state index in [0.29, 0.717) is 17.2 Å². The molecular weight excluding hydrogens is 368 g/mol. The largest absolute Gasteiger partial charge is 0.497 e. The van der Waals surface area contributed by atoms with Crippen molar-refractivity contribution in [3.05, 3.63) is 28.2 Å². The summed E-state index contributed by atoms with van der Waals surface area (Å²) in [4.78, 5) is 14.6. The predicted octanol–water partition coefficient (Wildman–Crippen LogP) is 3.34. The van der Waals surface area contributed by atoms with Crippen LogP contribution in [0.2, 0.25) is 0 Å². The third-order valence-corrected chi connectivity index (χ3v) is 4.68. The number of carbonyl (C=O) groups excluding carboxylic acids is 1. The van der Waals surface area contributed by atoms with Crippen molar-refractivity contribution in [1.29, 1.82) is 0 Å². The van der Waals surface area contributed by atoms with Crippen LogP contribution >= 0.6 is 28.3 Å². The number of nitrogens with one attached hydrogen (secondary N) is 1. The van der Waals surface area contributed by atoms with Gasteiger partial charge in [0.15, 0.2) is 0 Å². The van der Waals surface area contributed by atoms with Crippen molar-refractivity contribution >= 4 is 34.2 Å². The van der Waals surface area contributed by atoms with Crippen molar-refractivity contribution in [1.82, 2.24) is 10.2 Å². The predicted molar refractivity (Wildman–Crippen MR) is 95.1 cm³/mol. The first kappa shape index (κ1) is 19.3. The number of amides is 1. The monoisotopic (exact) mass is 390 g/mol.